The second kappa shape index (κ2) is 6.23. The standard InChI is InChI=1S/C17H25N3/c1-12-6-7-15(8-13(12)2)10-16(18-4)11-17-9-14(3)19-20(17)5/h6-9,16,18H,10-11H2,1-5H3. The van der Waals surface area contributed by atoms with E-state index in [0.29, 0.717) is 6.04 Å². The number of hydrogen-bond acceptors (Lipinski definition) is 2. The lowest BCUT2D eigenvalue weighted by molar-refractivity contribution is 0.533. The van der Waals surface area contributed by atoms with Gasteiger partial charge in [0, 0.05) is 25.2 Å². The Balaban J connectivity index is 2.08. The Morgan fingerprint density at radius 2 is 1.85 bits per heavy atom. The maximum atomic E-state index is 4.42. The molecule has 108 valence electrons. The first kappa shape index (κ1) is 14.8. The molecule has 0 radical (unpaired) electrons. The molecule has 0 amide bonds. The molecule has 3 heteroatoms. The first-order valence-electron chi connectivity index (χ1n) is 7.22. The van der Waals surface area contributed by atoms with Gasteiger partial charge in [0.05, 0.1) is 5.69 Å². The van der Waals surface area contributed by atoms with Gasteiger partial charge in [-0.2, -0.15) is 5.10 Å². The van der Waals surface area contributed by atoms with Gasteiger partial charge in [0.1, 0.15) is 0 Å². The summed E-state index contributed by atoms with van der Waals surface area (Å²) in [5.74, 6) is 0. The van der Waals surface area contributed by atoms with Crippen molar-refractivity contribution in [3.05, 3.63) is 52.3 Å². The molecular weight excluding hydrogens is 246 g/mol. The van der Waals surface area contributed by atoms with E-state index in [-0.39, 0.29) is 0 Å². The number of hydrogen-bond donors (Lipinski definition) is 1. The van der Waals surface area contributed by atoms with Gasteiger partial charge >= 0.3 is 0 Å². The van der Waals surface area contributed by atoms with Crippen molar-refractivity contribution < 1.29 is 0 Å². The van der Waals surface area contributed by atoms with E-state index in [9.17, 15) is 0 Å². The number of nitrogens with one attached hydrogen (secondary N) is 1. The third-order valence-electron chi connectivity index (χ3n) is 4.02. The molecule has 0 aliphatic rings. The predicted molar refractivity (Wildman–Crippen MR) is 84.1 cm³/mol. The Morgan fingerprint density at radius 3 is 2.40 bits per heavy atom. The van der Waals surface area contributed by atoms with Crippen molar-refractivity contribution in [2.24, 2.45) is 7.05 Å². The van der Waals surface area contributed by atoms with Gasteiger partial charge in [-0.1, -0.05) is 18.2 Å². The summed E-state index contributed by atoms with van der Waals surface area (Å²) < 4.78 is 1.99. The van der Waals surface area contributed by atoms with Gasteiger partial charge in [-0.25, -0.2) is 0 Å². The lowest BCUT2D eigenvalue weighted by Gasteiger charge is -2.17. The first-order valence-corrected chi connectivity index (χ1v) is 7.22. The molecule has 3 nitrogen and oxygen atoms in total. The fourth-order valence-corrected chi connectivity index (χ4v) is 2.60. The summed E-state index contributed by atoms with van der Waals surface area (Å²) in [5.41, 5.74) is 6.49. The van der Waals surface area contributed by atoms with Crippen LogP contribution in [-0.4, -0.2) is 22.9 Å². The molecule has 2 rings (SSSR count). The van der Waals surface area contributed by atoms with E-state index in [1.54, 1.807) is 0 Å². The third kappa shape index (κ3) is 3.48. The van der Waals surface area contributed by atoms with Crippen LogP contribution in [0, 0.1) is 20.8 Å². The predicted octanol–water partition coefficient (Wildman–Crippen LogP) is 2.72. The van der Waals surface area contributed by atoms with E-state index < -0.39 is 0 Å². The molecule has 0 fully saturated rings. The zero-order valence-electron chi connectivity index (χ0n) is 13.2. The zero-order chi connectivity index (χ0) is 14.7. The third-order valence-corrected chi connectivity index (χ3v) is 4.02. The summed E-state index contributed by atoms with van der Waals surface area (Å²) in [6, 6.07) is 9.36. The molecule has 2 aromatic rings. The Bertz CT molecular complexity index is 584. The van der Waals surface area contributed by atoms with Crippen molar-refractivity contribution in [3.8, 4) is 0 Å². The molecule has 20 heavy (non-hydrogen) atoms. The number of aryl methyl sites for hydroxylation is 4. The van der Waals surface area contributed by atoms with Crippen LogP contribution < -0.4 is 5.32 Å². The molecule has 1 atom stereocenters. The highest BCUT2D eigenvalue weighted by Gasteiger charge is 2.12. The minimum Gasteiger partial charge on any atom is -0.316 e. The van der Waals surface area contributed by atoms with Crippen LogP contribution in [-0.2, 0) is 19.9 Å². The van der Waals surface area contributed by atoms with Crippen molar-refractivity contribution in [1.82, 2.24) is 15.1 Å². The van der Waals surface area contributed by atoms with Crippen LogP contribution in [0.1, 0.15) is 28.1 Å². The summed E-state index contributed by atoms with van der Waals surface area (Å²) in [6.07, 6.45) is 2.04. The van der Waals surface area contributed by atoms with E-state index in [4.69, 9.17) is 0 Å². The molecular formula is C17H25N3. The lowest BCUT2D eigenvalue weighted by atomic mass is 9.98. The van der Waals surface area contributed by atoms with Crippen LogP contribution in [0.5, 0.6) is 0 Å². The quantitative estimate of drug-likeness (QED) is 0.906. The molecule has 0 aliphatic heterocycles. The Hall–Kier alpha value is -1.61. The molecule has 0 aliphatic carbocycles. The SMILES string of the molecule is CNC(Cc1ccc(C)c(C)c1)Cc1cc(C)nn1C. The average molecular weight is 271 g/mol. The average Bonchev–Trinajstić information content (AvgIpc) is 2.71. The van der Waals surface area contributed by atoms with Crippen LogP contribution in [0.4, 0.5) is 0 Å². The number of likely N-dealkylation sites (N-methyl/N-ethyl adjacent to an activating group) is 1. The molecule has 0 spiro atoms. The van der Waals surface area contributed by atoms with E-state index in [0.717, 1.165) is 18.5 Å². The van der Waals surface area contributed by atoms with E-state index in [1.807, 2.05) is 25.7 Å². The number of nitrogens with zero attached hydrogens (tertiary/aromatic N) is 2. The van der Waals surface area contributed by atoms with Gasteiger partial charge in [0.25, 0.3) is 0 Å². The second-order valence-electron chi connectivity index (χ2n) is 5.71. The molecule has 1 aromatic carbocycles. The second-order valence-corrected chi connectivity index (χ2v) is 5.71. The smallest absolute Gasteiger partial charge is 0.0596 e. The van der Waals surface area contributed by atoms with Gasteiger partial charge in [-0.3, -0.25) is 4.68 Å². The van der Waals surface area contributed by atoms with Crippen LogP contribution >= 0.6 is 0 Å². The van der Waals surface area contributed by atoms with Gasteiger partial charge in [0.15, 0.2) is 0 Å². The topological polar surface area (TPSA) is 29.9 Å². The summed E-state index contributed by atoms with van der Waals surface area (Å²) in [6.45, 7) is 6.38. The lowest BCUT2D eigenvalue weighted by Crippen LogP contribution is -2.30. The molecule has 1 heterocycles. The first-order chi connectivity index (χ1) is 9.49. The van der Waals surface area contributed by atoms with Crippen molar-refractivity contribution in [2.75, 3.05) is 7.05 Å². The minimum absolute atomic E-state index is 0.437. The van der Waals surface area contributed by atoms with Crippen LogP contribution in [0.3, 0.4) is 0 Å². The van der Waals surface area contributed by atoms with E-state index >= 15 is 0 Å². The largest absolute Gasteiger partial charge is 0.316 e. The van der Waals surface area contributed by atoms with Gasteiger partial charge in [-0.15, -0.1) is 0 Å². The minimum atomic E-state index is 0.437. The van der Waals surface area contributed by atoms with Gasteiger partial charge in [-0.05, 0) is 57.0 Å². The highest BCUT2D eigenvalue weighted by Crippen LogP contribution is 2.14. The van der Waals surface area contributed by atoms with Crippen LogP contribution in [0.2, 0.25) is 0 Å². The van der Waals surface area contributed by atoms with Crippen LogP contribution in [0.15, 0.2) is 24.3 Å². The Labute approximate surface area is 122 Å². The summed E-state index contributed by atoms with van der Waals surface area (Å²) in [4.78, 5) is 0. The zero-order valence-corrected chi connectivity index (χ0v) is 13.2. The molecule has 1 aromatic heterocycles. The maximum absolute atomic E-state index is 4.42. The van der Waals surface area contributed by atoms with Gasteiger partial charge < -0.3 is 5.32 Å². The monoisotopic (exact) mass is 271 g/mol. The van der Waals surface area contributed by atoms with E-state index in [1.165, 1.54) is 22.4 Å². The summed E-state index contributed by atoms with van der Waals surface area (Å²) in [5, 5.41) is 7.85. The Kier molecular flexibility index (Phi) is 4.61. The Morgan fingerprint density at radius 1 is 1.10 bits per heavy atom. The van der Waals surface area contributed by atoms with Crippen molar-refractivity contribution in [2.45, 2.75) is 39.7 Å². The maximum Gasteiger partial charge on any atom is 0.0596 e. The summed E-state index contributed by atoms with van der Waals surface area (Å²) in [7, 11) is 4.06. The van der Waals surface area contributed by atoms with Crippen LogP contribution in [0.25, 0.3) is 0 Å². The number of rotatable bonds is 5. The van der Waals surface area contributed by atoms with E-state index in [2.05, 4.69) is 48.5 Å². The number of benzene rings is 1. The van der Waals surface area contributed by atoms with Crippen molar-refractivity contribution in [1.29, 1.82) is 0 Å². The molecule has 0 bridgehead atoms. The van der Waals surface area contributed by atoms with Crippen molar-refractivity contribution >= 4 is 0 Å². The molecule has 0 saturated carbocycles. The molecule has 0 saturated heterocycles. The van der Waals surface area contributed by atoms with Gasteiger partial charge in [0.2, 0.25) is 0 Å². The number of aromatic nitrogens is 2. The molecule has 1 N–H and O–H groups in total. The normalized spacial score (nSPS) is 12.7. The fourth-order valence-electron chi connectivity index (χ4n) is 2.60. The highest BCUT2D eigenvalue weighted by molar-refractivity contribution is 5.30. The fraction of sp³-hybridized carbons (Fsp3) is 0.471. The highest BCUT2D eigenvalue weighted by atomic mass is 15.3. The summed E-state index contributed by atoms with van der Waals surface area (Å²) >= 11 is 0. The van der Waals surface area contributed by atoms with Crippen molar-refractivity contribution in [3.63, 3.8) is 0 Å². The molecule has 1 unspecified atom stereocenters.